The van der Waals surface area contributed by atoms with Crippen LogP contribution in [0.4, 0.5) is 0 Å². The number of ether oxygens (including phenoxy) is 2. The highest BCUT2D eigenvalue weighted by atomic mass is 16.5. The molecule has 0 aliphatic carbocycles. The molecule has 0 saturated carbocycles. The van der Waals surface area contributed by atoms with Crippen LogP contribution in [-0.2, 0) is 11.2 Å². The molecule has 0 aliphatic heterocycles. The second kappa shape index (κ2) is 9.69. The zero-order chi connectivity index (χ0) is 24.2. The maximum absolute atomic E-state index is 10.8. The third kappa shape index (κ3) is 4.70. The first kappa shape index (κ1) is 22.2. The molecule has 0 atom stereocenters. The highest BCUT2D eigenvalue weighted by molar-refractivity contribution is 6.03. The van der Waals surface area contributed by atoms with Gasteiger partial charge in [-0.15, -0.1) is 0 Å². The van der Waals surface area contributed by atoms with Gasteiger partial charge in [0.2, 0.25) is 11.6 Å². The Labute approximate surface area is 201 Å². The average Bonchev–Trinajstić information content (AvgIpc) is 3.29. The molecule has 35 heavy (non-hydrogen) atoms. The molecule has 174 valence electrons. The van der Waals surface area contributed by atoms with Crippen molar-refractivity contribution in [1.82, 2.24) is 9.97 Å². The first-order chi connectivity index (χ1) is 17.1. The topological polar surface area (TPSA) is 94.7 Å². The normalized spacial score (nSPS) is 10.9. The molecule has 5 aromatic rings. The van der Waals surface area contributed by atoms with E-state index in [0.29, 0.717) is 34.9 Å². The molecule has 2 heterocycles. The quantitative estimate of drug-likeness (QED) is 0.284. The minimum absolute atomic E-state index is 0.0786. The van der Waals surface area contributed by atoms with Gasteiger partial charge in [-0.2, -0.15) is 0 Å². The van der Waals surface area contributed by atoms with Crippen LogP contribution in [-0.4, -0.2) is 28.2 Å². The van der Waals surface area contributed by atoms with Crippen molar-refractivity contribution >= 4 is 17.1 Å². The summed E-state index contributed by atoms with van der Waals surface area (Å²) in [5.41, 5.74) is 3.97. The van der Waals surface area contributed by atoms with Gasteiger partial charge in [0, 0.05) is 17.5 Å². The predicted molar refractivity (Wildman–Crippen MR) is 132 cm³/mol. The molecular formula is C28H22N2O5. The third-order valence-corrected chi connectivity index (χ3v) is 5.63. The first-order valence-electron chi connectivity index (χ1n) is 11.1. The molecule has 3 aromatic carbocycles. The Kier molecular flexibility index (Phi) is 6.13. The minimum Gasteiger partial charge on any atom is -0.497 e. The Bertz CT molecular complexity index is 1460. The van der Waals surface area contributed by atoms with Gasteiger partial charge in [0.1, 0.15) is 29.0 Å². The largest absolute Gasteiger partial charge is 0.497 e. The zero-order valence-electron chi connectivity index (χ0n) is 19.0. The second-order valence-corrected chi connectivity index (χ2v) is 7.90. The maximum Gasteiger partial charge on any atom is 0.303 e. The Morgan fingerprint density at radius 2 is 1.60 bits per heavy atom. The number of rotatable bonds is 8. The van der Waals surface area contributed by atoms with Crippen molar-refractivity contribution in [3.05, 3.63) is 90.8 Å². The summed E-state index contributed by atoms with van der Waals surface area (Å²) >= 11 is 0. The lowest BCUT2D eigenvalue weighted by molar-refractivity contribution is -0.136. The minimum atomic E-state index is -0.825. The molecule has 1 N–H and O–H groups in total. The van der Waals surface area contributed by atoms with E-state index in [1.807, 2.05) is 66.7 Å². The molecule has 0 saturated heterocycles. The number of hydrogen-bond acceptors (Lipinski definition) is 6. The molecule has 0 fully saturated rings. The smallest absolute Gasteiger partial charge is 0.303 e. The van der Waals surface area contributed by atoms with Gasteiger partial charge in [-0.05, 0) is 41.8 Å². The fourth-order valence-electron chi connectivity index (χ4n) is 3.90. The van der Waals surface area contributed by atoms with Gasteiger partial charge in [-0.1, -0.05) is 54.6 Å². The molecule has 7 nitrogen and oxygen atoms in total. The number of aryl methyl sites for hydroxylation is 1. The van der Waals surface area contributed by atoms with Gasteiger partial charge in [0.15, 0.2) is 0 Å². The van der Waals surface area contributed by atoms with E-state index >= 15 is 0 Å². The molecule has 7 heteroatoms. The molecule has 0 spiro atoms. The number of nitrogens with zero attached hydrogens (tertiary/aromatic N) is 2. The van der Waals surface area contributed by atoms with Crippen LogP contribution in [0.5, 0.6) is 17.4 Å². The number of hydrogen-bond donors (Lipinski definition) is 1. The van der Waals surface area contributed by atoms with Crippen LogP contribution in [0.15, 0.2) is 89.6 Å². The second-order valence-electron chi connectivity index (χ2n) is 7.90. The summed E-state index contributed by atoms with van der Waals surface area (Å²) in [6, 6.07) is 24.8. The van der Waals surface area contributed by atoms with Gasteiger partial charge in [-0.25, -0.2) is 9.97 Å². The molecule has 0 bridgehead atoms. The van der Waals surface area contributed by atoms with E-state index in [2.05, 4.69) is 9.97 Å². The summed E-state index contributed by atoms with van der Waals surface area (Å²) in [6.07, 6.45) is 1.95. The van der Waals surface area contributed by atoms with Gasteiger partial charge in [0.05, 0.1) is 7.11 Å². The van der Waals surface area contributed by atoms with Crippen molar-refractivity contribution in [3.8, 4) is 39.8 Å². The maximum atomic E-state index is 10.8. The van der Waals surface area contributed by atoms with Crippen molar-refractivity contribution in [2.24, 2.45) is 0 Å². The molecular weight excluding hydrogens is 444 g/mol. The Morgan fingerprint density at radius 1 is 0.886 bits per heavy atom. The van der Waals surface area contributed by atoms with E-state index in [1.165, 1.54) is 6.33 Å². The first-order valence-corrected chi connectivity index (χ1v) is 11.1. The van der Waals surface area contributed by atoms with Gasteiger partial charge in [0.25, 0.3) is 0 Å². The Balaban J connectivity index is 1.60. The molecule has 2 aromatic heterocycles. The van der Waals surface area contributed by atoms with E-state index in [1.54, 1.807) is 19.2 Å². The Hall–Kier alpha value is -4.65. The van der Waals surface area contributed by atoms with E-state index in [4.69, 9.17) is 19.0 Å². The van der Waals surface area contributed by atoms with Crippen LogP contribution in [0.1, 0.15) is 12.0 Å². The number of fused-ring (bicyclic) bond motifs is 1. The Morgan fingerprint density at radius 3 is 2.29 bits per heavy atom. The summed E-state index contributed by atoms with van der Waals surface area (Å²) in [6.45, 7) is 0. The molecule has 5 rings (SSSR count). The van der Waals surface area contributed by atoms with Crippen LogP contribution in [0.3, 0.4) is 0 Å². The fraction of sp³-hybridized carbons (Fsp3) is 0.107. The van der Waals surface area contributed by atoms with Crippen LogP contribution < -0.4 is 9.47 Å². The van der Waals surface area contributed by atoms with E-state index in [0.717, 1.165) is 28.0 Å². The standard InChI is InChI=1S/C28H22N2O5/c1-33-21-14-10-19(11-15-21)24-25-27(34-22-12-7-18(8-13-22)9-16-23(31)32)29-17-30-28(25)35-26(24)20-5-3-2-4-6-20/h2-8,10-15,17H,9,16H2,1H3,(H,31,32). The number of furan rings is 1. The van der Waals surface area contributed by atoms with Gasteiger partial charge in [-0.3, -0.25) is 4.79 Å². The number of carboxylic acid groups (broad SMARTS) is 1. The van der Waals surface area contributed by atoms with Crippen molar-refractivity contribution in [2.45, 2.75) is 12.8 Å². The lowest BCUT2D eigenvalue weighted by Gasteiger charge is -2.09. The highest BCUT2D eigenvalue weighted by Crippen LogP contribution is 2.44. The summed E-state index contributed by atoms with van der Waals surface area (Å²) in [7, 11) is 1.63. The summed E-state index contributed by atoms with van der Waals surface area (Å²) < 4.78 is 17.7. The number of aliphatic carboxylic acids is 1. The zero-order valence-corrected chi connectivity index (χ0v) is 19.0. The van der Waals surface area contributed by atoms with Crippen molar-refractivity contribution in [3.63, 3.8) is 0 Å². The molecule has 0 radical (unpaired) electrons. The summed E-state index contributed by atoms with van der Waals surface area (Å²) in [4.78, 5) is 19.6. The number of carbonyl (C=O) groups is 1. The number of carboxylic acids is 1. The van der Waals surface area contributed by atoms with Gasteiger partial charge < -0.3 is 19.0 Å². The SMILES string of the molecule is COc1ccc(-c2c(-c3ccccc3)oc3ncnc(Oc4ccc(CCC(=O)O)cc4)c23)cc1. The number of benzene rings is 3. The molecule has 0 unspecified atom stereocenters. The van der Waals surface area contributed by atoms with Crippen LogP contribution >= 0.6 is 0 Å². The fourth-order valence-corrected chi connectivity index (χ4v) is 3.90. The van der Waals surface area contributed by atoms with Crippen molar-refractivity contribution < 1.29 is 23.8 Å². The average molecular weight is 466 g/mol. The lowest BCUT2D eigenvalue weighted by Crippen LogP contribution is -1.97. The predicted octanol–water partition coefficient (Wildman–Crippen LogP) is 6.37. The van der Waals surface area contributed by atoms with E-state index in [-0.39, 0.29) is 6.42 Å². The number of methoxy groups -OCH3 is 1. The molecule has 0 aliphatic rings. The highest BCUT2D eigenvalue weighted by Gasteiger charge is 2.23. The third-order valence-electron chi connectivity index (χ3n) is 5.63. The summed E-state index contributed by atoms with van der Waals surface area (Å²) in [5.74, 6) is 1.53. The van der Waals surface area contributed by atoms with Gasteiger partial charge >= 0.3 is 5.97 Å². The van der Waals surface area contributed by atoms with Crippen LogP contribution in [0.25, 0.3) is 33.6 Å². The summed E-state index contributed by atoms with van der Waals surface area (Å²) in [5, 5.41) is 9.56. The van der Waals surface area contributed by atoms with Crippen molar-refractivity contribution in [2.75, 3.05) is 7.11 Å². The lowest BCUT2D eigenvalue weighted by atomic mass is 9.99. The van der Waals surface area contributed by atoms with E-state index < -0.39 is 5.97 Å². The van der Waals surface area contributed by atoms with Crippen LogP contribution in [0.2, 0.25) is 0 Å². The monoisotopic (exact) mass is 466 g/mol. The van der Waals surface area contributed by atoms with Crippen molar-refractivity contribution in [1.29, 1.82) is 0 Å². The van der Waals surface area contributed by atoms with Crippen LogP contribution in [0, 0.1) is 0 Å². The number of aromatic nitrogens is 2. The van der Waals surface area contributed by atoms with E-state index in [9.17, 15) is 4.79 Å². The molecule has 0 amide bonds.